The lowest BCUT2D eigenvalue weighted by Gasteiger charge is -2.14. The van der Waals surface area contributed by atoms with Crippen molar-refractivity contribution in [1.29, 1.82) is 0 Å². The monoisotopic (exact) mass is 348 g/mol. The first-order valence-electron chi connectivity index (χ1n) is 7.34. The van der Waals surface area contributed by atoms with Gasteiger partial charge in [-0.15, -0.1) is 0 Å². The molecule has 8 heteroatoms. The average molecular weight is 348 g/mol. The highest BCUT2D eigenvalue weighted by molar-refractivity contribution is 6.07. The zero-order valence-corrected chi connectivity index (χ0v) is 13.1. The maximum absolute atomic E-state index is 12.6. The number of hydrogen-bond donors (Lipinski definition) is 2. The molecule has 2 N–H and O–H groups in total. The summed E-state index contributed by atoms with van der Waals surface area (Å²) in [6.45, 7) is -2.67. The second kappa shape index (κ2) is 6.76. The molecule has 0 radical (unpaired) electrons. The Morgan fingerprint density at radius 2 is 2.08 bits per heavy atom. The van der Waals surface area contributed by atoms with Crippen molar-refractivity contribution in [3.05, 3.63) is 53.1 Å². The second-order valence-corrected chi connectivity index (χ2v) is 5.22. The molecular weight excluding hydrogens is 334 g/mol. The molecule has 130 valence electrons. The van der Waals surface area contributed by atoms with Crippen molar-refractivity contribution in [3.63, 3.8) is 0 Å². The van der Waals surface area contributed by atoms with E-state index in [1.807, 2.05) is 0 Å². The lowest BCUT2D eigenvalue weighted by Crippen LogP contribution is -2.16. The quantitative estimate of drug-likeness (QED) is 0.871. The molecule has 1 heterocycles. The van der Waals surface area contributed by atoms with E-state index in [0.717, 1.165) is 5.56 Å². The Balaban J connectivity index is 1.89. The van der Waals surface area contributed by atoms with E-state index in [9.17, 15) is 18.4 Å². The summed E-state index contributed by atoms with van der Waals surface area (Å²) in [6, 6.07) is 9.12. The van der Waals surface area contributed by atoms with E-state index in [2.05, 4.69) is 15.4 Å². The number of para-hydroxylation sites is 1. The summed E-state index contributed by atoms with van der Waals surface area (Å²) >= 11 is 0. The first-order valence-corrected chi connectivity index (χ1v) is 7.34. The van der Waals surface area contributed by atoms with Gasteiger partial charge in [0, 0.05) is 17.8 Å². The SMILES string of the molecule is COc1cccc(C(=O)Nc2ccc3c(c2)C(=O)NC3)c1OC(F)F. The molecule has 6 nitrogen and oxygen atoms in total. The molecule has 0 atom stereocenters. The summed E-state index contributed by atoms with van der Waals surface area (Å²) in [7, 11) is 1.29. The Hall–Kier alpha value is -3.16. The minimum Gasteiger partial charge on any atom is -0.493 e. The molecule has 1 aliphatic rings. The Morgan fingerprint density at radius 3 is 2.80 bits per heavy atom. The number of hydrogen-bond acceptors (Lipinski definition) is 4. The largest absolute Gasteiger partial charge is 0.493 e. The fraction of sp³-hybridized carbons (Fsp3) is 0.176. The van der Waals surface area contributed by atoms with Crippen LogP contribution in [0, 0.1) is 0 Å². The maximum atomic E-state index is 12.6. The van der Waals surface area contributed by atoms with Gasteiger partial charge < -0.3 is 20.1 Å². The highest BCUT2D eigenvalue weighted by Gasteiger charge is 2.22. The van der Waals surface area contributed by atoms with Gasteiger partial charge in [-0.1, -0.05) is 12.1 Å². The molecule has 3 rings (SSSR count). The van der Waals surface area contributed by atoms with Gasteiger partial charge in [-0.05, 0) is 29.8 Å². The predicted molar refractivity (Wildman–Crippen MR) is 85.2 cm³/mol. The highest BCUT2D eigenvalue weighted by atomic mass is 19.3. The first kappa shape index (κ1) is 16.7. The number of anilines is 1. The van der Waals surface area contributed by atoms with Gasteiger partial charge in [0.15, 0.2) is 11.5 Å². The van der Waals surface area contributed by atoms with Crippen LogP contribution in [0.5, 0.6) is 11.5 Å². The molecule has 2 aromatic carbocycles. The molecule has 2 aromatic rings. The third-order valence-corrected chi connectivity index (χ3v) is 3.70. The minimum atomic E-state index is -3.11. The normalized spacial score (nSPS) is 12.6. The Morgan fingerprint density at radius 1 is 1.28 bits per heavy atom. The molecule has 0 saturated carbocycles. The van der Waals surface area contributed by atoms with E-state index < -0.39 is 12.5 Å². The smallest absolute Gasteiger partial charge is 0.387 e. The number of carbonyl (C=O) groups is 2. The average Bonchev–Trinajstić information content (AvgIpc) is 2.95. The minimum absolute atomic E-state index is 0.0151. The number of amides is 2. The summed E-state index contributed by atoms with van der Waals surface area (Å²) < 4.78 is 34.7. The molecule has 0 unspecified atom stereocenters. The predicted octanol–water partition coefficient (Wildman–Crippen LogP) is 2.79. The van der Waals surface area contributed by atoms with E-state index in [4.69, 9.17) is 4.74 Å². The molecule has 2 amide bonds. The van der Waals surface area contributed by atoms with Crippen LogP contribution in [0.3, 0.4) is 0 Å². The van der Waals surface area contributed by atoms with Crippen LogP contribution in [-0.2, 0) is 6.54 Å². The number of nitrogens with one attached hydrogen (secondary N) is 2. The van der Waals surface area contributed by atoms with Crippen molar-refractivity contribution in [2.75, 3.05) is 12.4 Å². The third kappa shape index (κ3) is 3.37. The molecule has 0 saturated heterocycles. The standard InChI is InChI=1S/C17H14F2N2O4/c1-24-13-4-2-3-11(14(13)25-17(18)19)16(23)21-10-6-5-9-8-20-15(22)12(9)7-10/h2-7,17H,8H2,1H3,(H,20,22)(H,21,23). The van der Waals surface area contributed by atoms with Crippen LogP contribution >= 0.6 is 0 Å². The highest BCUT2D eigenvalue weighted by Crippen LogP contribution is 2.33. The first-order chi connectivity index (χ1) is 12.0. The number of halogens is 2. The van der Waals surface area contributed by atoms with Crippen molar-refractivity contribution < 1.29 is 27.8 Å². The van der Waals surface area contributed by atoms with Crippen LogP contribution in [0.1, 0.15) is 26.3 Å². The lowest BCUT2D eigenvalue weighted by molar-refractivity contribution is -0.0515. The molecule has 0 aliphatic carbocycles. The number of benzene rings is 2. The van der Waals surface area contributed by atoms with Gasteiger partial charge in [0.05, 0.1) is 12.7 Å². The van der Waals surface area contributed by atoms with Crippen LogP contribution in [0.2, 0.25) is 0 Å². The van der Waals surface area contributed by atoms with E-state index in [1.165, 1.54) is 31.4 Å². The van der Waals surface area contributed by atoms with Crippen LogP contribution in [0.15, 0.2) is 36.4 Å². The molecule has 0 aromatic heterocycles. The van der Waals surface area contributed by atoms with Gasteiger partial charge in [-0.3, -0.25) is 9.59 Å². The van der Waals surface area contributed by atoms with Crippen molar-refractivity contribution in [3.8, 4) is 11.5 Å². The maximum Gasteiger partial charge on any atom is 0.387 e. The molecule has 1 aliphatic heterocycles. The zero-order valence-electron chi connectivity index (χ0n) is 13.1. The van der Waals surface area contributed by atoms with Gasteiger partial charge in [0.25, 0.3) is 11.8 Å². The molecule has 25 heavy (non-hydrogen) atoms. The van der Waals surface area contributed by atoms with E-state index in [-0.39, 0.29) is 23.0 Å². The molecule has 0 bridgehead atoms. The van der Waals surface area contributed by atoms with Gasteiger partial charge in [-0.25, -0.2) is 0 Å². The van der Waals surface area contributed by atoms with Gasteiger partial charge in [-0.2, -0.15) is 8.78 Å². The topological polar surface area (TPSA) is 76.7 Å². The molecule has 0 spiro atoms. The number of carbonyl (C=O) groups excluding carboxylic acids is 2. The number of rotatable bonds is 5. The molecule has 0 fully saturated rings. The number of alkyl halides is 2. The second-order valence-electron chi connectivity index (χ2n) is 5.22. The van der Waals surface area contributed by atoms with Gasteiger partial charge in [0.1, 0.15) is 0 Å². The van der Waals surface area contributed by atoms with Crippen molar-refractivity contribution >= 4 is 17.5 Å². The van der Waals surface area contributed by atoms with E-state index >= 15 is 0 Å². The Bertz CT molecular complexity index is 839. The van der Waals surface area contributed by atoms with E-state index in [0.29, 0.717) is 17.8 Å². The van der Waals surface area contributed by atoms with Gasteiger partial charge in [0.2, 0.25) is 0 Å². The summed E-state index contributed by atoms with van der Waals surface area (Å²) in [6.07, 6.45) is 0. The lowest BCUT2D eigenvalue weighted by atomic mass is 10.1. The molecular formula is C17H14F2N2O4. The number of fused-ring (bicyclic) bond motifs is 1. The van der Waals surface area contributed by atoms with Crippen molar-refractivity contribution in [2.24, 2.45) is 0 Å². The Labute approximate surface area is 141 Å². The fourth-order valence-corrected chi connectivity index (χ4v) is 2.55. The number of ether oxygens (including phenoxy) is 2. The fourth-order valence-electron chi connectivity index (χ4n) is 2.55. The van der Waals surface area contributed by atoms with Crippen LogP contribution in [0.4, 0.5) is 14.5 Å². The summed E-state index contributed by atoms with van der Waals surface area (Å²) in [5, 5.41) is 5.25. The van der Waals surface area contributed by atoms with Crippen molar-refractivity contribution in [1.82, 2.24) is 5.32 Å². The van der Waals surface area contributed by atoms with Crippen LogP contribution in [-0.4, -0.2) is 25.5 Å². The summed E-state index contributed by atoms with van der Waals surface area (Å²) in [5.74, 6) is -1.22. The van der Waals surface area contributed by atoms with Crippen LogP contribution in [0.25, 0.3) is 0 Å². The summed E-state index contributed by atoms with van der Waals surface area (Å²) in [4.78, 5) is 24.2. The third-order valence-electron chi connectivity index (χ3n) is 3.70. The number of methoxy groups -OCH3 is 1. The van der Waals surface area contributed by atoms with Crippen LogP contribution < -0.4 is 20.1 Å². The zero-order chi connectivity index (χ0) is 18.0. The Kier molecular flexibility index (Phi) is 4.51. The van der Waals surface area contributed by atoms with Crippen molar-refractivity contribution in [2.45, 2.75) is 13.2 Å². The van der Waals surface area contributed by atoms with Gasteiger partial charge >= 0.3 is 6.61 Å². The van der Waals surface area contributed by atoms with E-state index in [1.54, 1.807) is 12.1 Å². The summed E-state index contributed by atoms with van der Waals surface area (Å²) in [5.41, 5.74) is 1.55.